The lowest BCUT2D eigenvalue weighted by Gasteiger charge is -2.09. The van der Waals surface area contributed by atoms with Gasteiger partial charge in [0.1, 0.15) is 5.02 Å². The van der Waals surface area contributed by atoms with Gasteiger partial charge in [-0.05, 0) is 13.8 Å². The van der Waals surface area contributed by atoms with Crippen LogP contribution in [0.25, 0.3) is 0 Å². The Balaban J connectivity index is 3.32. The second-order valence-corrected chi connectivity index (χ2v) is 3.34. The molecule has 0 aromatic carbocycles. The molecule has 0 fully saturated rings. The van der Waals surface area contributed by atoms with Gasteiger partial charge in [0.25, 0.3) is 5.56 Å². The molecule has 0 spiro atoms. The fourth-order valence-corrected chi connectivity index (χ4v) is 1.22. The smallest absolute Gasteiger partial charge is 0.287 e. The van der Waals surface area contributed by atoms with Gasteiger partial charge in [0.05, 0.1) is 17.9 Å². The standard InChI is InChI=1S/C8H12ClN3O/c1-5(2)12-8(13)7(9)6(10-3)4-11-12/h4-5,10H,1-3H3. The lowest BCUT2D eigenvalue weighted by Crippen LogP contribution is -2.25. The van der Waals surface area contributed by atoms with Crippen molar-refractivity contribution in [1.29, 1.82) is 0 Å². The molecule has 0 aliphatic rings. The van der Waals surface area contributed by atoms with E-state index in [1.807, 2.05) is 13.8 Å². The first kappa shape index (κ1) is 10.1. The molecule has 1 heterocycles. The summed E-state index contributed by atoms with van der Waals surface area (Å²) in [7, 11) is 1.70. The first-order chi connectivity index (χ1) is 6.07. The summed E-state index contributed by atoms with van der Waals surface area (Å²) < 4.78 is 1.35. The number of anilines is 1. The van der Waals surface area contributed by atoms with Crippen molar-refractivity contribution in [3.05, 3.63) is 21.6 Å². The molecule has 0 radical (unpaired) electrons. The van der Waals surface area contributed by atoms with Crippen LogP contribution in [0.2, 0.25) is 5.02 Å². The van der Waals surface area contributed by atoms with Crippen molar-refractivity contribution in [3.8, 4) is 0 Å². The molecule has 0 atom stereocenters. The Labute approximate surface area is 81.5 Å². The quantitative estimate of drug-likeness (QED) is 0.789. The first-order valence-electron chi connectivity index (χ1n) is 4.03. The van der Waals surface area contributed by atoms with Crippen LogP contribution in [0, 0.1) is 0 Å². The Kier molecular flexibility index (Phi) is 2.93. The zero-order valence-electron chi connectivity index (χ0n) is 7.84. The SMILES string of the molecule is CNc1cnn(C(C)C)c(=O)c1Cl. The van der Waals surface area contributed by atoms with E-state index in [0.29, 0.717) is 5.69 Å². The third kappa shape index (κ3) is 1.83. The Morgan fingerprint density at radius 1 is 1.62 bits per heavy atom. The largest absolute Gasteiger partial charge is 0.385 e. The molecule has 13 heavy (non-hydrogen) atoms. The summed E-state index contributed by atoms with van der Waals surface area (Å²) in [6.45, 7) is 3.76. The van der Waals surface area contributed by atoms with Crippen molar-refractivity contribution in [2.24, 2.45) is 0 Å². The minimum Gasteiger partial charge on any atom is -0.385 e. The minimum atomic E-state index is -0.261. The molecule has 72 valence electrons. The van der Waals surface area contributed by atoms with Crippen LogP contribution in [0.4, 0.5) is 5.69 Å². The molecule has 0 saturated heterocycles. The van der Waals surface area contributed by atoms with E-state index in [1.54, 1.807) is 13.2 Å². The van der Waals surface area contributed by atoms with E-state index in [1.165, 1.54) is 4.68 Å². The van der Waals surface area contributed by atoms with Crippen molar-refractivity contribution in [2.75, 3.05) is 12.4 Å². The van der Waals surface area contributed by atoms with Crippen molar-refractivity contribution in [3.63, 3.8) is 0 Å². The van der Waals surface area contributed by atoms with E-state index >= 15 is 0 Å². The van der Waals surface area contributed by atoms with Gasteiger partial charge in [0.2, 0.25) is 0 Å². The third-order valence-corrected chi connectivity index (χ3v) is 2.07. The highest BCUT2D eigenvalue weighted by Crippen LogP contribution is 2.14. The number of nitrogens with zero attached hydrogens (tertiary/aromatic N) is 2. The molecular weight excluding hydrogens is 190 g/mol. The van der Waals surface area contributed by atoms with Gasteiger partial charge >= 0.3 is 0 Å². The number of rotatable bonds is 2. The second-order valence-electron chi connectivity index (χ2n) is 2.97. The molecule has 5 heteroatoms. The lowest BCUT2D eigenvalue weighted by molar-refractivity contribution is 0.503. The van der Waals surface area contributed by atoms with Gasteiger partial charge in [-0.2, -0.15) is 5.10 Å². The van der Waals surface area contributed by atoms with Crippen molar-refractivity contribution in [2.45, 2.75) is 19.9 Å². The van der Waals surface area contributed by atoms with Gasteiger partial charge < -0.3 is 5.32 Å². The van der Waals surface area contributed by atoms with Gasteiger partial charge in [0.15, 0.2) is 0 Å². The molecule has 0 aliphatic carbocycles. The molecule has 1 rings (SSSR count). The lowest BCUT2D eigenvalue weighted by atomic mass is 10.4. The van der Waals surface area contributed by atoms with Crippen LogP contribution in [0.15, 0.2) is 11.0 Å². The number of hydrogen-bond donors (Lipinski definition) is 1. The molecule has 0 bridgehead atoms. The molecule has 1 N–H and O–H groups in total. The first-order valence-corrected chi connectivity index (χ1v) is 4.40. The highest BCUT2D eigenvalue weighted by Gasteiger charge is 2.09. The summed E-state index contributed by atoms with van der Waals surface area (Å²) in [5.74, 6) is 0. The van der Waals surface area contributed by atoms with Crippen molar-refractivity contribution in [1.82, 2.24) is 9.78 Å². The molecule has 4 nitrogen and oxygen atoms in total. The zero-order chi connectivity index (χ0) is 10.0. The van der Waals surface area contributed by atoms with Crippen LogP contribution in [0.1, 0.15) is 19.9 Å². The number of halogens is 1. The normalized spacial score (nSPS) is 10.5. The summed E-state index contributed by atoms with van der Waals surface area (Å²) >= 11 is 5.81. The third-order valence-electron chi connectivity index (χ3n) is 1.70. The molecule has 0 amide bonds. The second kappa shape index (κ2) is 3.79. The average Bonchev–Trinajstić information content (AvgIpc) is 2.09. The molecule has 1 aromatic rings. The van der Waals surface area contributed by atoms with E-state index in [9.17, 15) is 4.79 Å². The van der Waals surface area contributed by atoms with Gasteiger partial charge in [0, 0.05) is 7.05 Å². The van der Waals surface area contributed by atoms with E-state index in [0.717, 1.165) is 0 Å². The van der Waals surface area contributed by atoms with Gasteiger partial charge in [-0.3, -0.25) is 4.79 Å². The number of nitrogens with one attached hydrogen (secondary N) is 1. The van der Waals surface area contributed by atoms with E-state index in [4.69, 9.17) is 11.6 Å². The van der Waals surface area contributed by atoms with Gasteiger partial charge in [-0.15, -0.1) is 0 Å². The van der Waals surface area contributed by atoms with Crippen molar-refractivity contribution >= 4 is 17.3 Å². The van der Waals surface area contributed by atoms with E-state index < -0.39 is 0 Å². The summed E-state index contributed by atoms with van der Waals surface area (Å²) in [6, 6.07) is 0.0240. The van der Waals surface area contributed by atoms with Crippen LogP contribution < -0.4 is 10.9 Å². The average molecular weight is 202 g/mol. The Hall–Kier alpha value is -1.03. The van der Waals surface area contributed by atoms with Crippen LogP contribution in [-0.4, -0.2) is 16.8 Å². The number of aromatic nitrogens is 2. The highest BCUT2D eigenvalue weighted by molar-refractivity contribution is 6.32. The monoisotopic (exact) mass is 201 g/mol. The topological polar surface area (TPSA) is 46.9 Å². The van der Waals surface area contributed by atoms with Crippen LogP contribution in [0.5, 0.6) is 0 Å². The molecule has 0 unspecified atom stereocenters. The van der Waals surface area contributed by atoms with Crippen LogP contribution in [0.3, 0.4) is 0 Å². The zero-order valence-corrected chi connectivity index (χ0v) is 8.59. The van der Waals surface area contributed by atoms with Crippen molar-refractivity contribution < 1.29 is 0 Å². The fraction of sp³-hybridized carbons (Fsp3) is 0.500. The highest BCUT2D eigenvalue weighted by atomic mass is 35.5. The summed E-state index contributed by atoms with van der Waals surface area (Å²) in [6.07, 6.45) is 1.55. The Morgan fingerprint density at radius 3 is 2.69 bits per heavy atom. The molecule has 1 aromatic heterocycles. The maximum absolute atomic E-state index is 11.5. The predicted molar refractivity (Wildman–Crippen MR) is 53.4 cm³/mol. The van der Waals surface area contributed by atoms with Crippen LogP contribution >= 0.6 is 11.6 Å². The van der Waals surface area contributed by atoms with Gasteiger partial charge in [-0.1, -0.05) is 11.6 Å². The molecule has 0 saturated carbocycles. The maximum atomic E-state index is 11.5. The summed E-state index contributed by atoms with van der Waals surface area (Å²) in [5, 5.41) is 6.95. The summed E-state index contributed by atoms with van der Waals surface area (Å²) in [5.41, 5.74) is 0.298. The van der Waals surface area contributed by atoms with E-state index in [-0.39, 0.29) is 16.6 Å². The predicted octanol–water partition coefficient (Wildman–Crippen LogP) is 1.52. The molecular formula is C8H12ClN3O. The fourth-order valence-electron chi connectivity index (χ4n) is 0.987. The molecule has 0 aliphatic heterocycles. The van der Waals surface area contributed by atoms with E-state index in [2.05, 4.69) is 10.4 Å². The maximum Gasteiger partial charge on any atom is 0.287 e. The van der Waals surface area contributed by atoms with Crippen LogP contribution in [-0.2, 0) is 0 Å². The van der Waals surface area contributed by atoms with Gasteiger partial charge in [-0.25, -0.2) is 4.68 Å². The minimum absolute atomic E-state index is 0.0240. The Bertz CT molecular complexity index is 359. The number of hydrogen-bond acceptors (Lipinski definition) is 3. The Morgan fingerprint density at radius 2 is 2.23 bits per heavy atom. The summed E-state index contributed by atoms with van der Waals surface area (Å²) in [4.78, 5) is 11.5.